The van der Waals surface area contributed by atoms with Crippen LogP contribution in [0.25, 0.3) is 0 Å². The first-order valence-electron chi connectivity index (χ1n) is 11.1. The van der Waals surface area contributed by atoms with Crippen LogP contribution in [0.3, 0.4) is 0 Å². The molecule has 0 aromatic rings. The van der Waals surface area contributed by atoms with Crippen LogP contribution in [0, 0.1) is 34.0 Å². The molecule has 5 saturated carbocycles. The molecule has 0 spiro atoms. The van der Waals surface area contributed by atoms with Crippen LogP contribution in [0.5, 0.6) is 0 Å². The highest BCUT2D eigenvalue weighted by atomic mass is 16.6. The Morgan fingerprint density at radius 1 is 0.929 bits per heavy atom. The van der Waals surface area contributed by atoms with Crippen molar-refractivity contribution in [3.05, 3.63) is 0 Å². The zero-order chi connectivity index (χ0) is 19.9. The normalized spacial score (nSPS) is 51.2. The maximum Gasteiger partial charge on any atom is 0.302 e. The van der Waals surface area contributed by atoms with Gasteiger partial charge in [-0.25, -0.2) is 0 Å². The molecule has 154 valence electrons. The summed E-state index contributed by atoms with van der Waals surface area (Å²) in [6.45, 7) is 5.35. The van der Waals surface area contributed by atoms with Gasteiger partial charge in [0.05, 0.1) is 0 Å². The van der Waals surface area contributed by atoms with Crippen LogP contribution in [0.4, 0.5) is 0 Å². The molecule has 28 heavy (non-hydrogen) atoms. The van der Waals surface area contributed by atoms with E-state index in [4.69, 9.17) is 9.47 Å². The zero-order valence-electron chi connectivity index (χ0n) is 17.3. The summed E-state index contributed by atoms with van der Waals surface area (Å²) >= 11 is 0. The van der Waals surface area contributed by atoms with Crippen LogP contribution in [0.2, 0.25) is 0 Å². The fourth-order valence-corrected chi connectivity index (χ4v) is 8.76. The van der Waals surface area contributed by atoms with E-state index in [0.717, 1.165) is 44.9 Å². The monoisotopic (exact) mass is 388 g/mol. The standard InChI is InChI=1S/C23H32O5/c1-13(24)27-19-5-4-17-16-7-10-22-12-15(26)6-11-23(22,20(22)28-14(2)25)18(16)8-9-21(17,19)3/h16-20H,4-12H2,1-3H3/t16-,17-,18-,19-,20-,21-,22+,23+/m0/s1. The molecular formula is C23H32O5. The summed E-state index contributed by atoms with van der Waals surface area (Å²) < 4.78 is 11.6. The fraction of sp³-hybridized carbons (Fsp3) is 0.870. The van der Waals surface area contributed by atoms with Crippen molar-refractivity contribution in [2.75, 3.05) is 0 Å². The van der Waals surface area contributed by atoms with Crippen LogP contribution < -0.4 is 0 Å². The predicted molar refractivity (Wildman–Crippen MR) is 101 cm³/mol. The van der Waals surface area contributed by atoms with E-state index in [9.17, 15) is 14.4 Å². The van der Waals surface area contributed by atoms with Gasteiger partial charge in [-0.1, -0.05) is 6.92 Å². The molecule has 0 radical (unpaired) electrons. The van der Waals surface area contributed by atoms with Gasteiger partial charge in [0.15, 0.2) is 0 Å². The summed E-state index contributed by atoms with van der Waals surface area (Å²) in [5.74, 6) is 1.67. The van der Waals surface area contributed by atoms with Gasteiger partial charge in [-0.15, -0.1) is 0 Å². The van der Waals surface area contributed by atoms with E-state index in [1.165, 1.54) is 13.8 Å². The number of fused-ring (bicyclic) bond motifs is 3. The lowest BCUT2D eigenvalue weighted by atomic mass is 9.50. The molecule has 5 aliphatic rings. The lowest BCUT2D eigenvalue weighted by Gasteiger charge is -2.54. The molecular weight excluding hydrogens is 356 g/mol. The number of Topliss-reactive ketones (excluding diaryl/α,β-unsaturated/α-hetero) is 1. The van der Waals surface area contributed by atoms with Gasteiger partial charge >= 0.3 is 11.9 Å². The minimum atomic E-state index is -0.208. The number of carbonyl (C=O) groups excluding carboxylic acids is 3. The van der Waals surface area contributed by atoms with Crippen LogP contribution in [-0.2, 0) is 23.9 Å². The third-order valence-corrected chi connectivity index (χ3v) is 9.67. The summed E-state index contributed by atoms with van der Waals surface area (Å²) in [4.78, 5) is 35.8. The molecule has 0 aliphatic heterocycles. The molecule has 0 aromatic heterocycles. The molecule has 0 bridgehead atoms. The van der Waals surface area contributed by atoms with Crippen molar-refractivity contribution >= 4 is 17.7 Å². The number of hydrogen-bond donors (Lipinski definition) is 0. The van der Waals surface area contributed by atoms with E-state index in [-0.39, 0.29) is 40.4 Å². The van der Waals surface area contributed by atoms with E-state index in [1.54, 1.807) is 0 Å². The van der Waals surface area contributed by atoms with Crippen LogP contribution >= 0.6 is 0 Å². The van der Waals surface area contributed by atoms with E-state index < -0.39 is 0 Å². The van der Waals surface area contributed by atoms with E-state index in [1.807, 2.05) is 0 Å². The topological polar surface area (TPSA) is 69.7 Å². The number of rotatable bonds is 2. The first kappa shape index (κ1) is 18.6. The quantitative estimate of drug-likeness (QED) is 0.673. The first-order valence-corrected chi connectivity index (χ1v) is 11.1. The van der Waals surface area contributed by atoms with Crippen molar-refractivity contribution < 1.29 is 23.9 Å². The highest BCUT2D eigenvalue weighted by Gasteiger charge is 2.84. The van der Waals surface area contributed by atoms with Crippen molar-refractivity contribution in [2.24, 2.45) is 34.0 Å². The van der Waals surface area contributed by atoms with Crippen LogP contribution in [0.15, 0.2) is 0 Å². The van der Waals surface area contributed by atoms with Crippen LogP contribution in [-0.4, -0.2) is 29.9 Å². The second kappa shape index (κ2) is 5.82. The second-order valence-electron chi connectivity index (χ2n) is 10.5. The molecule has 0 heterocycles. The van der Waals surface area contributed by atoms with E-state index in [2.05, 4.69) is 6.92 Å². The molecule has 5 rings (SSSR count). The third kappa shape index (κ3) is 2.16. The molecule has 5 heteroatoms. The molecule has 5 fully saturated rings. The van der Waals surface area contributed by atoms with Gasteiger partial charge in [0.2, 0.25) is 0 Å². The molecule has 0 unspecified atom stereocenters. The average Bonchev–Trinajstić information content (AvgIpc) is 3.04. The summed E-state index contributed by atoms with van der Waals surface area (Å²) in [6, 6.07) is 0. The molecule has 5 nitrogen and oxygen atoms in total. The molecule has 8 atom stereocenters. The van der Waals surface area contributed by atoms with E-state index >= 15 is 0 Å². The maximum absolute atomic E-state index is 12.3. The van der Waals surface area contributed by atoms with Crippen molar-refractivity contribution in [2.45, 2.75) is 90.8 Å². The van der Waals surface area contributed by atoms with Gasteiger partial charge in [0.1, 0.15) is 18.0 Å². The molecule has 0 N–H and O–H groups in total. The van der Waals surface area contributed by atoms with Gasteiger partial charge in [0, 0.05) is 42.9 Å². The molecule has 0 aromatic carbocycles. The minimum Gasteiger partial charge on any atom is -0.462 e. The van der Waals surface area contributed by atoms with E-state index in [0.29, 0.717) is 36.4 Å². The van der Waals surface area contributed by atoms with Gasteiger partial charge in [-0.2, -0.15) is 0 Å². The van der Waals surface area contributed by atoms with Gasteiger partial charge in [-0.3, -0.25) is 14.4 Å². The zero-order valence-corrected chi connectivity index (χ0v) is 17.3. The Labute approximate surface area is 166 Å². The Hall–Kier alpha value is -1.39. The van der Waals surface area contributed by atoms with Gasteiger partial charge < -0.3 is 9.47 Å². The Morgan fingerprint density at radius 3 is 2.39 bits per heavy atom. The first-order chi connectivity index (χ1) is 13.2. The van der Waals surface area contributed by atoms with Crippen molar-refractivity contribution in [3.8, 4) is 0 Å². The third-order valence-electron chi connectivity index (χ3n) is 9.67. The SMILES string of the molecule is CC(=O)O[C@H]1CC[C@H]2[C@@H]3CC[C@]45CC(=O)CC[C@@]4([C@H]3CC[C@]12C)[C@H]5OC(C)=O. The summed E-state index contributed by atoms with van der Waals surface area (Å²) in [5.41, 5.74) is 0.00688. The Balaban J connectivity index is 1.46. The smallest absolute Gasteiger partial charge is 0.302 e. The molecule has 5 aliphatic carbocycles. The largest absolute Gasteiger partial charge is 0.462 e. The van der Waals surface area contributed by atoms with Crippen molar-refractivity contribution in [1.29, 1.82) is 0 Å². The highest BCUT2D eigenvalue weighted by molar-refractivity contribution is 5.82. The minimum absolute atomic E-state index is 0.0242. The molecule has 0 amide bonds. The number of carbonyl (C=O) groups is 3. The average molecular weight is 389 g/mol. The van der Waals surface area contributed by atoms with Gasteiger partial charge in [-0.05, 0) is 62.7 Å². The lowest BCUT2D eigenvalue weighted by Crippen LogP contribution is -2.50. The predicted octanol–water partition coefficient (Wildman–Crippen LogP) is 3.83. The number of esters is 2. The number of ether oxygens (including phenoxy) is 2. The summed E-state index contributed by atoms with van der Waals surface area (Å²) in [7, 11) is 0. The summed E-state index contributed by atoms with van der Waals surface area (Å²) in [6.07, 6.45) is 8.48. The summed E-state index contributed by atoms with van der Waals surface area (Å²) in [5, 5.41) is 0. The Bertz CT molecular complexity index is 745. The Kier molecular flexibility index (Phi) is 3.87. The maximum atomic E-state index is 12.3. The lowest BCUT2D eigenvalue weighted by molar-refractivity contribution is -0.157. The number of ketones is 1. The Morgan fingerprint density at radius 2 is 1.68 bits per heavy atom. The van der Waals surface area contributed by atoms with Crippen molar-refractivity contribution in [1.82, 2.24) is 0 Å². The van der Waals surface area contributed by atoms with Gasteiger partial charge in [0.25, 0.3) is 0 Å². The fourth-order valence-electron chi connectivity index (χ4n) is 8.76. The van der Waals surface area contributed by atoms with Crippen LogP contribution in [0.1, 0.15) is 78.6 Å². The highest BCUT2D eigenvalue weighted by Crippen LogP contribution is 2.83. The molecule has 0 saturated heterocycles. The van der Waals surface area contributed by atoms with Crippen molar-refractivity contribution in [3.63, 3.8) is 0 Å². The second-order valence-corrected chi connectivity index (χ2v) is 10.5. The number of hydrogen-bond acceptors (Lipinski definition) is 5.